The monoisotopic (exact) mass is 362 g/mol. The first-order valence-corrected chi connectivity index (χ1v) is 9.24. The van der Waals surface area contributed by atoms with E-state index in [1.54, 1.807) is 43.3 Å². The second-order valence-corrected chi connectivity index (χ2v) is 7.45. The van der Waals surface area contributed by atoms with E-state index in [4.69, 9.17) is 9.88 Å². The largest absolute Gasteiger partial charge is 0.496 e. The summed E-state index contributed by atoms with van der Waals surface area (Å²) in [5.74, 6) is 0.505. The van der Waals surface area contributed by atoms with E-state index in [1.165, 1.54) is 12.1 Å². The molecule has 0 saturated carbocycles. The van der Waals surface area contributed by atoms with Gasteiger partial charge < -0.3 is 9.64 Å². The lowest BCUT2D eigenvalue weighted by atomic mass is 10.1. The summed E-state index contributed by atoms with van der Waals surface area (Å²) < 4.78 is 27.9. The van der Waals surface area contributed by atoms with Crippen LogP contribution in [0.3, 0.4) is 0 Å². The van der Waals surface area contributed by atoms with Gasteiger partial charge in [-0.3, -0.25) is 4.79 Å². The standard InChI is InChI=1S/C18H22N2O4S/c1-12-5-6-15(11-17(12)24-4)18(21)20(3)13(2)14-7-9-16(10-8-14)25(19,22)23/h5-11,13H,1-4H3,(H2,19,22,23)/t13-/m0/s1. The summed E-state index contributed by atoms with van der Waals surface area (Å²) in [7, 11) is -0.464. The van der Waals surface area contributed by atoms with Crippen LogP contribution in [0.1, 0.15) is 34.5 Å². The summed E-state index contributed by atoms with van der Waals surface area (Å²) >= 11 is 0. The zero-order valence-electron chi connectivity index (χ0n) is 14.7. The highest BCUT2D eigenvalue weighted by Gasteiger charge is 2.20. The van der Waals surface area contributed by atoms with Gasteiger partial charge >= 0.3 is 0 Å². The van der Waals surface area contributed by atoms with Crippen LogP contribution in [-0.2, 0) is 10.0 Å². The van der Waals surface area contributed by atoms with Gasteiger partial charge in [-0.1, -0.05) is 18.2 Å². The van der Waals surface area contributed by atoms with Gasteiger partial charge in [0.25, 0.3) is 5.91 Å². The molecule has 2 rings (SSSR count). The Labute approximate surface area is 148 Å². The van der Waals surface area contributed by atoms with Crippen LogP contribution in [0.25, 0.3) is 0 Å². The third kappa shape index (κ3) is 4.18. The first kappa shape index (κ1) is 19.0. The van der Waals surface area contributed by atoms with Crippen molar-refractivity contribution in [1.29, 1.82) is 0 Å². The molecule has 6 nitrogen and oxygen atoms in total. The number of nitrogens with two attached hydrogens (primary N) is 1. The van der Waals surface area contributed by atoms with Crippen molar-refractivity contribution in [3.63, 3.8) is 0 Å². The normalized spacial score (nSPS) is 12.5. The van der Waals surface area contributed by atoms with E-state index in [2.05, 4.69) is 0 Å². The molecular weight excluding hydrogens is 340 g/mol. The maximum atomic E-state index is 12.7. The van der Waals surface area contributed by atoms with E-state index >= 15 is 0 Å². The van der Waals surface area contributed by atoms with Crippen molar-refractivity contribution in [2.24, 2.45) is 5.14 Å². The van der Waals surface area contributed by atoms with Gasteiger partial charge in [0, 0.05) is 12.6 Å². The molecule has 0 bridgehead atoms. The Morgan fingerprint density at radius 3 is 2.28 bits per heavy atom. The number of nitrogens with zero attached hydrogens (tertiary/aromatic N) is 1. The summed E-state index contributed by atoms with van der Waals surface area (Å²) in [5.41, 5.74) is 2.29. The fraction of sp³-hybridized carbons (Fsp3) is 0.278. The van der Waals surface area contributed by atoms with Gasteiger partial charge in [0.15, 0.2) is 0 Å². The molecule has 2 aromatic rings. The van der Waals surface area contributed by atoms with Crippen molar-refractivity contribution < 1.29 is 17.9 Å². The molecule has 0 spiro atoms. The topological polar surface area (TPSA) is 89.7 Å². The van der Waals surface area contributed by atoms with E-state index in [1.807, 2.05) is 19.9 Å². The van der Waals surface area contributed by atoms with Gasteiger partial charge in [-0.25, -0.2) is 13.6 Å². The summed E-state index contributed by atoms with van der Waals surface area (Å²) in [6, 6.07) is 11.3. The number of ether oxygens (including phenoxy) is 1. The highest BCUT2D eigenvalue weighted by molar-refractivity contribution is 7.89. The number of rotatable bonds is 5. The lowest BCUT2D eigenvalue weighted by Crippen LogP contribution is -2.29. The number of benzene rings is 2. The molecule has 1 atom stereocenters. The fourth-order valence-electron chi connectivity index (χ4n) is 2.49. The van der Waals surface area contributed by atoms with Crippen LogP contribution in [0.5, 0.6) is 5.75 Å². The number of carbonyl (C=O) groups excluding carboxylic acids is 1. The molecule has 0 heterocycles. The Morgan fingerprint density at radius 1 is 1.16 bits per heavy atom. The molecule has 0 saturated heterocycles. The molecule has 0 aliphatic carbocycles. The minimum atomic E-state index is -3.73. The Hall–Kier alpha value is -2.38. The number of hydrogen-bond donors (Lipinski definition) is 1. The first-order chi connectivity index (χ1) is 11.6. The summed E-state index contributed by atoms with van der Waals surface area (Å²) in [5, 5.41) is 5.10. The number of carbonyl (C=O) groups is 1. The molecule has 2 N–H and O–H groups in total. The second kappa shape index (κ2) is 7.25. The minimum absolute atomic E-state index is 0.0423. The molecule has 2 aromatic carbocycles. The molecule has 0 aliphatic rings. The molecule has 0 unspecified atom stereocenters. The Balaban J connectivity index is 2.24. The average molecular weight is 362 g/mol. The molecule has 0 fully saturated rings. The highest BCUT2D eigenvalue weighted by atomic mass is 32.2. The molecule has 0 radical (unpaired) electrons. The van der Waals surface area contributed by atoms with Gasteiger partial charge in [0.1, 0.15) is 5.75 Å². The predicted octanol–water partition coefficient (Wildman–Crippen LogP) is 2.48. The van der Waals surface area contributed by atoms with Crippen LogP contribution in [0.4, 0.5) is 0 Å². The van der Waals surface area contributed by atoms with Crippen molar-refractivity contribution in [3.05, 3.63) is 59.2 Å². The van der Waals surface area contributed by atoms with Crippen LogP contribution in [0.2, 0.25) is 0 Å². The van der Waals surface area contributed by atoms with E-state index in [0.717, 1.165) is 11.1 Å². The zero-order chi connectivity index (χ0) is 18.8. The van der Waals surface area contributed by atoms with Gasteiger partial charge in [0.05, 0.1) is 18.0 Å². The van der Waals surface area contributed by atoms with Crippen molar-refractivity contribution >= 4 is 15.9 Å². The first-order valence-electron chi connectivity index (χ1n) is 7.69. The number of aryl methyl sites for hydroxylation is 1. The number of amides is 1. The summed E-state index contributed by atoms with van der Waals surface area (Å²) in [6.45, 7) is 3.78. The quantitative estimate of drug-likeness (QED) is 0.885. The van der Waals surface area contributed by atoms with Crippen molar-refractivity contribution in [2.45, 2.75) is 24.8 Å². The lowest BCUT2D eigenvalue weighted by Gasteiger charge is -2.26. The summed E-state index contributed by atoms with van der Waals surface area (Å²) in [4.78, 5) is 14.4. The summed E-state index contributed by atoms with van der Waals surface area (Å²) in [6.07, 6.45) is 0. The zero-order valence-corrected chi connectivity index (χ0v) is 15.5. The van der Waals surface area contributed by atoms with E-state index in [0.29, 0.717) is 11.3 Å². The lowest BCUT2D eigenvalue weighted by molar-refractivity contribution is 0.0742. The van der Waals surface area contributed by atoms with Crippen LogP contribution in [0, 0.1) is 6.92 Å². The van der Waals surface area contributed by atoms with Crippen LogP contribution in [-0.4, -0.2) is 33.4 Å². The van der Waals surface area contributed by atoms with Gasteiger partial charge in [0.2, 0.25) is 10.0 Å². The maximum absolute atomic E-state index is 12.7. The SMILES string of the molecule is COc1cc(C(=O)N(C)[C@@H](C)c2ccc(S(N)(=O)=O)cc2)ccc1C. The molecule has 0 aliphatic heterocycles. The highest BCUT2D eigenvalue weighted by Crippen LogP contribution is 2.24. The average Bonchev–Trinajstić information content (AvgIpc) is 2.59. The van der Waals surface area contributed by atoms with E-state index in [9.17, 15) is 13.2 Å². The van der Waals surface area contributed by atoms with Gasteiger partial charge in [-0.05, 0) is 49.2 Å². The molecule has 1 amide bonds. The van der Waals surface area contributed by atoms with Crippen LogP contribution >= 0.6 is 0 Å². The Bertz CT molecular complexity index is 876. The van der Waals surface area contributed by atoms with Crippen molar-refractivity contribution in [1.82, 2.24) is 4.90 Å². The Kier molecular flexibility index (Phi) is 5.49. The van der Waals surface area contributed by atoms with Crippen LogP contribution in [0.15, 0.2) is 47.4 Å². The van der Waals surface area contributed by atoms with Crippen molar-refractivity contribution in [3.8, 4) is 5.75 Å². The number of primary sulfonamides is 1. The number of hydrogen-bond acceptors (Lipinski definition) is 4. The minimum Gasteiger partial charge on any atom is -0.496 e. The molecule has 7 heteroatoms. The molecule has 134 valence electrons. The van der Waals surface area contributed by atoms with Gasteiger partial charge in [-0.2, -0.15) is 0 Å². The third-order valence-electron chi connectivity index (χ3n) is 4.25. The van der Waals surface area contributed by atoms with E-state index < -0.39 is 10.0 Å². The predicted molar refractivity (Wildman–Crippen MR) is 96.1 cm³/mol. The maximum Gasteiger partial charge on any atom is 0.254 e. The molecular formula is C18H22N2O4S. The third-order valence-corrected chi connectivity index (χ3v) is 5.18. The molecule has 25 heavy (non-hydrogen) atoms. The smallest absolute Gasteiger partial charge is 0.254 e. The molecule has 0 aromatic heterocycles. The number of methoxy groups -OCH3 is 1. The van der Waals surface area contributed by atoms with Crippen LogP contribution < -0.4 is 9.88 Å². The second-order valence-electron chi connectivity index (χ2n) is 5.89. The van der Waals surface area contributed by atoms with Gasteiger partial charge in [-0.15, -0.1) is 0 Å². The number of sulfonamides is 1. The Morgan fingerprint density at radius 2 is 1.76 bits per heavy atom. The van der Waals surface area contributed by atoms with Crippen molar-refractivity contribution in [2.75, 3.05) is 14.2 Å². The van der Waals surface area contributed by atoms with E-state index in [-0.39, 0.29) is 16.8 Å². The fourth-order valence-corrected chi connectivity index (χ4v) is 3.01.